The lowest BCUT2D eigenvalue weighted by Crippen LogP contribution is -2.38. The Morgan fingerprint density at radius 3 is 2.58 bits per heavy atom. The number of hydrogen-bond acceptors (Lipinski definition) is 3. The van der Waals surface area contributed by atoms with Crippen LogP contribution in [0.15, 0.2) is 53.7 Å². The standard InChI is InChI=1S/C18H21F3N4O/c1-22-17(25(2)12-14-6-4-3-5-7-14)24-11-15-8-9-23-16(10-15)26-13-18(19,20)21/h3-10H,11-13H2,1-2H3,(H,22,24). The summed E-state index contributed by atoms with van der Waals surface area (Å²) < 4.78 is 41.3. The second kappa shape index (κ2) is 9.07. The van der Waals surface area contributed by atoms with E-state index in [1.807, 2.05) is 42.3 Å². The number of benzene rings is 1. The third-order valence-electron chi connectivity index (χ3n) is 3.47. The number of ether oxygens (including phenoxy) is 1. The second-order valence-corrected chi connectivity index (χ2v) is 5.65. The minimum atomic E-state index is -4.39. The number of hydrogen-bond donors (Lipinski definition) is 1. The highest BCUT2D eigenvalue weighted by Gasteiger charge is 2.28. The molecule has 1 aromatic heterocycles. The van der Waals surface area contributed by atoms with Crippen LogP contribution in [0.4, 0.5) is 13.2 Å². The summed E-state index contributed by atoms with van der Waals surface area (Å²) >= 11 is 0. The number of aromatic nitrogens is 1. The molecular formula is C18H21F3N4O. The SMILES string of the molecule is CN=C(NCc1ccnc(OCC(F)(F)F)c1)N(C)Cc1ccccc1. The largest absolute Gasteiger partial charge is 0.468 e. The minimum absolute atomic E-state index is 0.0609. The van der Waals surface area contributed by atoms with E-state index in [-0.39, 0.29) is 5.88 Å². The summed E-state index contributed by atoms with van der Waals surface area (Å²) in [5.41, 5.74) is 1.89. The van der Waals surface area contributed by atoms with Gasteiger partial charge in [0.25, 0.3) is 0 Å². The molecule has 0 aliphatic rings. The maximum Gasteiger partial charge on any atom is 0.422 e. The number of rotatable bonds is 6. The lowest BCUT2D eigenvalue weighted by atomic mass is 10.2. The fourth-order valence-electron chi connectivity index (χ4n) is 2.29. The molecule has 5 nitrogen and oxygen atoms in total. The Labute approximate surface area is 150 Å². The predicted molar refractivity (Wildman–Crippen MR) is 93.9 cm³/mol. The van der Waals surface area contributed by atoms with Gasteiger partial charge in [-0.15, -0.1) is 0 Å². The normalized spacial score (nSPS) is 12.0. The van der Waals surface area contributed by atoms with E-state index in [9.17, 15) is 13.2 Å². The molecule has 0 fully saturated rings. The zero-order valence-electron chi connectivity index (χ0n) is 14.6. The van der Waals surface area contributed by atoms with Crippen molar-refractivity contribution in [2.75, 3.05) is 20.7 Å². The molecule has 26 heavy (non-hydrogen) atoms. The first-order chi connectivity index (χ1) is 12.4. The molecule has 140 valence electrons. The van der Waals surface area contributed by atoms with Gasteiger partial charge in [-0.1, -0.05) is 30.3 Å². The van der Waals surface area contributed by atoms with Crippen LogP contribution < -0.4 is 10.1 Å². The first kappa shape index (κ1) is 19.6. The van der Waals surface area contributed by atoms with Gasteiger partial charge in [0, 0.05) is 39.4 Å². The molecule has 0 aliphatic carbocycles. The van der Waals surface area contributed by atoms with Crippen LogP contribution in [0.25, 0.3) is 0 Å². The van der Waals surface area contributed by atoms with Gasteiger partial charge in [0.2, 0.25) is 5.88 Å². The Hall–Kier alpha value is -2.77. The number of aliphatic imine (C=N–C) groups is 1. The molecule has 0 radical (unpaired) electrons. The predicted octanol–water partition coefficient (Wildman–Crippen LogP) is 3.23. The van der Waals surface area contributed by atoms with E-state index in [1.54, 1.807) is 13.1 Å². The van der Waals surface area contributed by atoms with Crippen molar-refractivity contribution in [3.8, 4) is 5.88 Å². The summed E-state index contributed by atoms with van der Waals surface area (Å²) in [5.74, 6) is 0.609. The van der Waals surface area contributed by atoms with Crippen molar-refractivity contribution in [3.05, 3.63) is 59.8 Å². The van der Waals surface area contributed by atoms with Crippen LogP contribution in [0.1, 0.15) is 11.1 Å². The molecule has 1 N–H and O–H groups in total. The zero-order valence-corrected chi connectivity index (χ0v) is 14.6. The number of guanidine groups is 1. The minimum Gasteiger partial charge on any atom is -0.468 e. The summed E-state index contributed by atoms with van der Waals surface area (Å²) in [5, 5.41) is 3.18. The molecule has 0 amide bonds. The second-order valence-electron chi connectivity index (χ2n) is 5.65. The van der Waals surface area contributed by atoms with Gasteiger partial charge in [0.15, 0.2) is 12.6 Å². The summed E-state index contributed by atoms with van der Waals surface area (Å²) in [6, 6.07) is 13.1. The molecule has 0 spiro atoms. The number of nitrogens with zero attached hydrogens (tertiary/aromatic N) is 3. The maximum absolute atomic E-state index is 12.2. The Balaban J connectivity index is 1.91. The molecule has 0 bridgehead atoms. The van der Waals surface area contributed by atoms with E-state index in [2.05, 4.69) is 20.0 Å². The molecule has 0 saturated carbocycles. The van der Waals surface area contributed by atoms with E-state index in [1.165, 1.54) is 12.3 Å². The molecule has 2 aromatic rings. The molecule has 0 atom stereocenters. The fourth-order valence-corrected chi connectivity index (χ4v) is 2.29. The molecule has 1 heterocycles. The van der Waals surface area contributed by atoms with Crippen LogP contribution in [0.2, 0.25) is 0 Å². The lowest BCUT2D eigenvalue weighted by molar-refractivity contribution is -0.154. The molecule has 8 heteroatoms. The van der Waals surface area contributed by atoms with Gasteiger partial charge in [-0.2, -0.15) is 13.2 Å². The molecule has 0 saturated heterocycles. The van der Waals surface area contributed by atoms with Gasteiger partial charge in [-0.25, -0.2) is 4.98 Å². The molecule has 0 unspecified atom stereocenters. The third-order valence-corrected chi connectivity index (χ3v) is 3.47. The van der Waals surface area contributed by atoms with Crippen molar-refractivity contribution < 1.29 is 17.9 Å². The van der Waals surface area contributed by atoms with E-state index < -0.39 is 12.8 Å². The monoisotopic (exact) mass is 366 g/mol. The summed E-state index contributed by atoms with van der Waals surface area (Å²) in [7, 11) is 3.58. The maximum atomic E-state index is 12.2. The summed E-state index contributed by atoms with van der Waals surface area (Å²) in [6.45, 7) is -0.300. The van der Waals surface area contributed by atoms with Gasteiger partial charge >= 0.3 is 6.18 Å². The zero-order chi connectivity index (χ0) is 19.0. The number of halogens is 3. The van der Waals surface area contributed by atoms with E-state index >= 15 is 0 Å². The Morgan fingerprint density at radius 1 is 1.19 bits per heavy atom. The van der Waals surface area contributed by atoms with Gasteiger partial charge in [-0.3, -0.25) is 4.99 Å². The third kappa shape index (κ3) is 6.62. The number of pyridine rings is 1. The summed E-state index contributed by atoms with van der Waals surface area (Å²) in [6.07, 6.45) is -2.97. The first-order valence-electron chi connectivity index (χ1n) is 7.97. The van der Waals surface area contributed by atoms with Gasteiger partial charge in [0.1, 0.15) is 0 Å². The van der Waals surface area contributed by atoms with Crippen molar-refractivity contribution in [1.82, 2.24) is 15.2 Å². The topological polar surface area (TPSA) is 49.8 Å². The van der Waals surface area contributed by atoms with Crippen molar-refractivity contribution in [3.63, 3.8) is 0 Å². The van der Waals surface area contributed by atoms with Crippen LogP contribution in [0.5, 0.6) is 5.88 Å². The quantitative estimate of drug-likeness (QED) is 0.630. The fraction of sp³-hybridized carbons (Fsp3) is 0.333. The van der Waals surface area contributed by atoms with Gasteiger partial charge < -0.3 is 15.0 Å². The van der Waals surface area contributed by atoms with Gasteiger partial charge in [0.05, 0.1) is 0 Å². The van der Waals surface area contributed by atoms with E-state index in [0.717, 1.165) is 11.1 Å². The molecule has 1 aromatic carbocycles. The highest BCUT2D eigenvalue weighted by atomic mass is 19.4. The van der Waals surface area contributed by atoms with Crippen LogP contribution in [-0.2, 0) is 13.1 Å². The Bertz CT molecular complexity index is 720. The Morgan fingerprint density at radius 2 is 1.92 bits per heavy atom. The van der Waals surface area contributed by atoms with Crippen molar-refractivity contribution in [1.29, 1.82) is 0 Å². The first-order valence-corrected chi connectivity index (χ1v) is 7.97. The van der Waals surface area contributed by atoms with Crippen LogP contribution in [-0.4, -0.2) is 42.7 Å². The van der Waals surface area contributed by atoms with E-state index in [4.69, 9.17) is 0 Å². The van der Waals surface area contributed by atoms with Crippen LogP contribution in [0.3, 0.4) is 0 Å². The highest BCUT2D eigenvalue weighted by molar-refractivity contribution is 5.79. The lowest BCUT2D eigenvalue weighted by Gasteiger charge is -2.22. The van der Waals surface area contributed by atoms with Gasteiger partial charge in [-0.05, 0) is 17.2 Å². The number of alkyl halides is 3. The number of nitrogens with one attached hydrogen (secondary N) is 1. The molecule has 2 rings (SSSR count). The van der Waals surface area contributed by atoms with E-state index in [0.29, 0.717) is 19.0 Å². The van der Waals surface area contributed by atoms with Crippen LogP contribution in [0, 0.1) is 0 Å². The Kier molecular flexibility index (Phi) is 6.82. The van der Waals surface area contributed by atoms with Crippen LogP contribution >= 0.6 is 0 Å². The van der Waals surface area contributed by atoms with Crippen molar-refractivity contribution in [2.24, 2.45) is 4.99 Å². The van der Waals surface area contributed by atoms with Crippen molar-refractivity contribution in [2.45, 2.75) is 19.3 Å². The molecule has 0 aliphatic heterocycles. The molecular weight excluding hydrogens is 345 g/mol. The average molecular weight is 366 g/mol. The summed E-state index contributed by atoms with van der Waals surface area (Å²) in [4.78, 5) is 9.97. The van der Waals surface area contributed by atoms with Crippen molar-refractivity contribution >= 4 is 5.96 Å². The smallest absolute Gasteiger partial charge is 0.422 e. The highest BCUT2D eigenvalue weighted by Crippen LogP contribution is 2.17. The average Bonchev–Trinajstić information content (AvgIpc) is 2.61.